The van der Waals surface area contributed by atoms with Crippen molar-refractivity contribution in [3.8, 4) is 0 Å². The largest absolute Gasteiger partial charge is 0.318 e. The molecular weight excluding hydrogens is 356 g/mol. The van der Waals surface area contributed by atoms with Crippen molar-refractivity contribution in [1.29, 1.82) is 0 Å². The first kappa shape index (κ1) is 17.2. The molecule has 0 spiro atoms. The lowest BCUT2D eigenvalue weighted by molar-refractivity contribution is -0.133. The summed E-state index contributed by atoms with van der Waals surface area (Å²) in [6.07, 6.45) is 0.783. The molecule has 0 heterocycles. The van der Waals surface area contributed by atoms with E-state index >= 15 is 0 Å². The Morgan fingerprint density at radius 2 is 1.70 bits per heavy atom. The molecule has 0 aliphatic heterocycles. The van der Waals surface area contributed by atoms with E-state index in [4.69, 9.17) is 0 Å². The first-order chi connectivity index (χ1) is 10.9. The van der Waals surface area contributed by atoms with Gasteiger partial charge in [0.15, 0.2) is 0 Å². The topological polar surface area (TPSA) is 58.2 Å². The number of carbonyl (C=O) groups excluding carboxylic acids is 2. The van der Waals surface area contributed by atoms with Crippen LogP contribution in [0.15, 0.2) is 40.9 Å². The van der Waals surface area contributed by atoms with Crippen molar-refractivity contribution < 1.29 is 9.59 Å². The van der Waals surface area contributed by atoms with Gasteiger partial charge in [-0.1, -0.05) is 41.1 Å². The highest BCUT2D eigenvalue weighted by molar-refractivity contribution is 9.10. The molecule has 0 unspecified atom stereocenters. The number of benzene rings is 2. The Labute approximate surface area is 144 Å². The Kier molecular flexibility index (Phi) is 5.55. The summed E-state index contributed by atoms with van der Waals surface area (Å²) in [5.74, 6) is -1.35. The van der Waals surface area contributed by atoms with Crippen molar-refractivity contribution in [3.05, 3.63) is 57.6 Å². The minimum atomic E-state index is -0.683. The van der Waals surface area contributed by atoms with Crippen LogP contribution >= 0.6 is 15.9 Å². The highest BCUT2D eigenvalue weighted by Gasteiger charge is 2.16. The van der Waals surface area contributed by atoms with Crippen LogP contribution in [0.1, 0.15) is 23.6 Å². The monoisotopic (exact) mass is 374 g/mol. The van der Waals surface area contributed by atoms with Gasteiger partial charge >= 0.3 is 11.8 Å². The van der Waals surface area contributed by atoms with Crippen LogP contribution in [-0.2, 0) is 16.0 Å². The molecule has 0 saturated heterocycles. The van der Waals surface area contributed by atoms with Crippen LogP contribution < -0.4 is 10.6 Å². The highest BCUT2D eigenvalue weighted by Crippen LogP contribution is 2.22. The molecule has 0 bridgehead atoms. The first-order valence-corrected chi connectivity index (χ1v) is 8.18. The number of aryl methyl sites for hydroxylation is 3. The van der Waals surface area contributed by atoms with Gasteiger partial charge in [-0.05, 0) is 55.2 Å². The van der Waals surface area contributed by atoms with Gasteiger partial charge in [0.25, 0.3) is 0 Å². The summed E-state index contributed by atoms with van der Waals surface area (Å²) in [6, 6.07) is 11.2. The molecule has 0 fully saturated rings. The molecule has 4 nitrogen and oxygen atoms in total. The summed E-state index contributed by atoms with van der Waals surface area (Å²) in [6.45, 7) is 5.83. The van der Waals surface area contributed by atoms with Gasteiger partial charge in [0, 0.05) is 15.8 Å². The molecule has 0 aliphatic rings. The number of halogens is 1. The molecule has 0 atom stereocenters. The average Bonchev–Trinajstić information content (AvgIpc) is 2.52. The third kappa shape index (κ3) is 4.20. The van der Waals surface area contributed by atoms with Crippen molar-refractivity contribution in [2.75, 3.05) is 10.6 Å². The predicted octanol–water partition coefficient (Wildman–Crippen LogP) is 4.21. The fourth-order valence-corrected chi connectivity index (χ4v) is 2.53. The van der Waals surface area contributed by atoms with E-state index in [1.807, 2.05) is 45.0 Å². The maximum Gasteiger partial charge on any atom is 0.314 e. The van der Waals surface area contributed by atoms with Gasteiger partial charge in [-0.25, -0.2) is 0 Å². The van der Waals surface area contributed by atoms with Gasteiger partial charge in [-0.15, -0.1) is 0 Å². The average molecular weight is 375 g/mol. The minimum Gasteiger partial charge on any atom is -0.318 e. The summed E-state index contributed by atoms with van der Waals surface area (Å²) in [5, 5.41) is 5.33. The van der Waals surface area contributed by atoms with Crippen LogP contribution in [0.3, 0.4) is 0 Å². The number of anilines is 2. The normalized spacial score (nSPS) is 10.3. The van der Waals surface area contributed by atoms with Gasteiger partial charge in [0.05, 0.1) is 0 Å². The summed E-state index contributed by atoms with van der Waals surface area (Å²) < 4.78 is 0.951. The second-order valence-electron chi connectivity index (χ2n) is 5.33. The molecule has 120 valence electrons. The number of rotatable bonds is 3. The Balaban J connectivity index is 2.12. The SMILES string of the molecule is CCc1cccc(C)c1NC(=O)C(=O)Nc1ccc(Br)c(C)c1. The lowest BCUT2D eigenvalue weighted by atomic mass is 10.1. The van der Waals surface area contributed by atoms with E-state index < -0.39 is 11.8 Å². The van der Waals surface area contributed by atoms with E-state index in [-0.39, 0.29) is 0 Å². The number of hydrogen-bond acceptors (Lipinski definition) is 2. The van der Waals surface area contributed by atoms with Crippen molar-refractivity contribution in [2.45, 2.75) is 27.2 Å². The van der Waals surface area contributed by atoms with Crippen LogP contribution in [0.25, 0.3) is 0 Å². The highest BCUT2D eigenvalue weighted by atomic mass is 79.9. The van der Waals surface area contributed by atoms with Gasteiger partial charge in [-0.2, -0.15) is 0 Å². The lowest BCUT2D eigenvalue weighted by Crippen LogP contribution is -2.29. The van der Waals surface area contributed by atoms with Gasteiger partial charge in [0.1, 0.15) is 0 Å². The van der Waals surface area contributed by atoms with E-state index in [9.17, 15) is 9.59 Å². The van der Waals surface area contributed by atoms with E-state index in [2.05, 4.69) is 26.6 Å². The minimum absolute atomic E-state index is 0.589. The third-order valence-corrected chi connectivity index (χ3v) is 4.49. The second-order valence-corrected chi connectivity index (χ2v) is 6.19. The molecule has 2 aromatic rings. The summed E-state index contributed by atoms with van der Waals surface area (Å²) in [5.41, 5.74) is 4.22. The van der Waals surface area contributed by atoms with Crippen molar-refractivity contribution in [2.24, 2.45) is 0 Å². The maximum atomic E-state index is 12.2. The zero-order chi connectivity index (χ0) is 17.0. The molecule has 2 amide bonds. The smallest absolute Gasteiger partial charge is 0.314 e. The third-order valence-electron chi connectivity index (χ3n) is 3.60. The molecule has 0 aromatic heterocycles. The Morgan fingerprint density at radius 3 is 2.35 bits per heavy atom. The fourth-order valence-electron chi connectivity index (χ4n) is 2.28. The van der Waals surface area contributed by atoms with Crippen LogP contribution in [-0.4, -0.2) is 11.8 Å². The number of carbonyl (C=O) groups is 2. The van der Waals surface area contributed by atoms with E-state index in [1.54, 1.807) is 12.1 Å². The predicted molar refractivity (Wildman–Crippen MR) is 96.7 cm³/mol. The van der Waals surface area contributed by atoms with Crippen LogP contribution in [0.5, 0.6) is 0 Å². The molecule has 0 saturated carbocycles. The van der Waals surface area contributed by atoms with Crippen molar-refractivity contribution >= 4 is 39.1 Å². The molecular formula is C18H19BrN2O2. The molecule has 0 radical (unpaired) electrons. The van der Waals surface area contributed by atoms with E-state index in [1.165, 1.54) is 0 Å². The number of nitrogens with one attached hydrogen (secondary N) is 2. The van der Waals surface area contributed by atoms with E-state index in [0.29, 0.717) is 11.4 Å². The molecule has 2 aromatic carbocycles. The quantitative estimate of drug-likeness (QED) is 0.790. The molecule has 2 N–H and O–H groups in total. The van der Waals surface area contributed by atoms with Crippen LogP contribution in [0.4, 0.5) is 11.4 Å². The zero-order valence-corrected chi connectivity index (χ0v) is 15.0. The fraction of sp³-hybridized carbons (Fsp3) is 0.222. The van der Waals surface area contributed by atoms with Gasteiger partial charge in [0.2, 0.25) is 0 Å². The zero-order valence-electron chi connectivity index (χ0n) is 13.4. The Morgan fingerprint density at radius 1 is 1.00 bits per heavy atom. The number of hydrogen-bond donors (Lipinski definition) is 2. The molecule has 5 heteroatoms. The van der Waals surface area contributed by atoms with Gasteiger partial charge in [-0.3, -0.25) is 9.59 Å². The summed E-state index contributed by atoms with van der Waals surface area (Å²) in [7, 11) is 0. The first-order valence-electron chi connectivity index (χ1n) is 7.39. The molecule has 0 aliphatic carbocycles. The lowest BCUT2D eigenvalue weighted by Gasteiger charge is -2.13. The maximum absolute atomic E-state index is 12.2. The standard InChI is InChI=1S/C18H19BrN2O2/c1-4-13-7-5-6-11(2)16(13)21-18(23)17(22)20-14-8-9-15(19)12(3)10-14/h5-10H,4H2,1-3H3,(H,20,22)(H,21,23). The number of para-hydroxylation sites is 1. The summed E-state index contributed by atoms with van der Waals surface area (Å²) in [4.78, 5) is 24.2. The Bertz CT molecular complexity index is 757. The molecule has 2 rings (SSSR count). The van der Waals surface area contributed by atoms with Gasteiger partial charge < -0.3 is 10.6 Å². The van der Waals surface area contributed by atoms with Crippen molar-refractivity contribution in [1.82, 2.24) is 0 Å². The summed E-state index contributed by atoms with van der Waals surface area (Å²) >= 11 is 3.40. The van der Waals surface area contributed by atoms with Crippen LogP contribution in [0, 0.1) is 13.8 Å². The van der Waals surface area contributed by atoms with Crippen molar-refractivity contribution in [3.63, 3.8) is 0 Å². The van der Waals surface area contributed by atoms with Crippen LogP contribution in [0.2, 0.25) is 0 Å². The Hall–Kier alpha value is -2.14. The van der Waals surface area contributed by atoms with E-state index in [0.717, 1.165) is 27.6 Å². The second kappa shape index (κ2) is 7.42. The number of amides is 2. The molecule has 23 heavy (non-hydrogen) atoms.